The Labute approximate surface area is 130 Å². The Hall–Kier alpha value is -2.02. The predicted molar refractivity (Wildman–Crippen MR) is 82.9 cm³/mol. The Balaban J connectivity index is 1.63. The van der Waals surface area contributed by atoms with E-state index in [2.05, 4.69) is 29.6 Å². The molecule has 0 unspecified atom stereocenters. The van der Waals surface area contributed by atoms with E-state index in [4.69, 9.17) is 4.74 Å². The summed E-state index contributed by atoms with van der Waals surface area (Å²) in [6, 6.07) is 2.04. The number of hydrogen-bond acceptors (Lipinski definition) is 6. The molecule has 2 aromatic rings. The summed E-state index contributed by atoms with van der Waals surface area (Å²) in [5.41, 5.74) is 1.01. The summed E-state index contributed by atoms with van der Waals surface area (Å²) in [7, 11) is 1.71. The lowest BCUT2D eigenvalue weighted by Crippen LogP contribution is -2.34. The fourth-order valence-corrected chi connectivity index (χ4v) is 2.92. The van der Waals surface area contributed by atoms with E-state index in [9.17, 15) is 0 Å². The fraction of sp³-hybridized carbons (Fsp3) is 0.600. The number of hydrogen-bond donors (Lipinski definition) is 0. The monoisotopic (exact) mass is 302 g/mol. The number of piperidine rings is 1. The third kappa shape index (κ3) is 3.24. The highest BCUT2D eigenvalue weighted by molar-refractivity contribution is 5.39. The van der Waals surface area contributed by atoms with E-state index in [1.807, 2.05) is 13.0 Å². The van der Waals surface area contributed by atoms with Gasteiger partial charge in [0.15, 0.2) is 0 Å². The molecular weight excluding hydrogens is 280 g/mol. The van der Waals surface area contributed by atoms with Crippen LogP contribution in [-0.4, -0.2) is 51.5 Å². The van der Waals surface area contributed by atoms with Gasteiger partial charge in [0.1, 0.15) is 24.3 Å². The van der Waals surface area contributed by atoms with Gasteiger partial charge in [-0.1, -0.05) is 0 Å². The number of rotatable bonds is 5. The fourth-order valence-electron chi connectivity index (χ4n) is 2.92. The molecule has 7 nitrogen and oxygen atoms in total. The highest BCUT2D eigenvalue weighted by Gasteiger charge is 2.25. The summed E-state index contributed by atoms with van der Waals surface area (Å²) in [5, 5.41) is 8.38. The maximum absolute atomic E-state index is 5.14. The van der Waals surface area contributed by atoms with Crippen LogP contribution in [0.2, 0.25) is 0 Å². The molecule has 3 rings (SSSR count). The molecule has 7 heteroatoms. The zero-order valence-electron chi connectivity index (χ0n) is 13.1. The second-order valence-corrected chi connectivity index (χ2v) is 5.65. The average molecular weight is 302 g/mol. The van der Waals surface area contributed by atoms with Crippen molar-refractivity contribution in [2.24, 2.45) is 0 Å². The maximum Gasteiger partial charge on any atom is 0.136 e. The first kappa shape index (κ1) is 14.9. The third-order valence-electron chi connectivity index (χ3n) is 4.16. The van der Waals surface area contributed by atoms with Crippen LogP contribution >= 0.6 is 0 Å². The van der Waals surface area contributed by atoms with Crippen molar-refractivity contribution in [3.8, 4) is 0 Å². The summed E-state index contributed by atoms with van der Waals surface area (Å²) >= 11 is 0. The van der Waals surface area contributed by atoms with Crippen molar-refractivity contribution in [2.45, 2.75) is 32.2 Å². The van der Waals surface area contributed by atoms with Crippen LogP contribution in [0.5, 0.6) is 0 Å². The van der Waals surface area contributed by atoms with Gasteiger partial charge in [0, 0.05) is 44.4 Å². The summed E-state index contributed by atoms with van der Waals surface area (Å²) in [6.07, 6.45) is 5.57. The molecule has 0 spiro atoms. The standard InChI is InChI=1S/C15H22N6O/c1-12-9-14(17-10-16-12)20-5-3-13(4-6-20)15-19-18-11-21(15)7-8-22-2/h9-11,13H,3-8H2,1-2H3. The smallest absolute Gasteiger partial charge is 0.136 e. The summed E-state index contributed by atoms with van der Waals surface area (Å²) in [4.78, 5) is 10.9. The highest BCUT2D eigenvalue weighted by Crippen LogP contribution is 2.28. The molecule has 0 aromatic carbocycles. The summed E-state index contributed by atoms with van der Waals surface area (Å²) in [5.74, 6) is 2.56. The lowest BCUT2D eigenvalue weighted by Gasteiger charge is -2.32. The normalized spacial score (nSPS) is 16.2. The SMILES string of the molecule is COCCn1cnnc1C1CCN(c2cc(C)ncn2)CC1. The number of aromatic nitrogens is 5. The Kier molecular flexibility index (Phi) is 4.62. The molecule has 1 aliphatic heterocycles. The van der Waals surface area contributed by atoms with Crippen molar-refractivity contribution in [2.75, 3.05) is 31.7 Å². The quantitative estimate of drug-likeness (QED) is 0.832. The first-order valence-corrected chi connectivity index (χ1v) is 7.68. The van der Waals surface area contributed by atoms with Gasteiger partial charge in [0.25, 0.3) is 0 Å². The second kappa shape index (κ2) is 6.83. The third-order valence-corrected chi connectivity index (χ3v) is 4.16. The van der Waals surface area contributed by atoms with E-state index in [1.54, 1.807) is 19.8 Å². The number of aryl methyl sites for hydroxylation is 1. The largest absolute Gasteiger partial charge is 0.383 e. The van der Waals surface area contributed by atoms with Crippen LogP contribution in [0.1, 0.15) is 30.3 Å². The lowest BCUT2D eigenvalue weighted by molar-refractivity contribution is 0.185. The molecule has 2 aromatic heterocycles. The number of methoxy groups -OCH3 is 1. The van der Waals surface area contributed by atoms with E-state index in [0.29, 0.717) is 12.5 Å². The Morgan fingerprint density at radius 1 is 1.27 bits per heavy atom. The minimum atomic E-state index is 0.457. The van der Waals surface area contributed by atoms with Crippen molar-refractivity contribution in [3.63, 3.8) is 0 Å². The molecular formula is C15H22N6O. The maximum atomic E-state index is 5.14. The molecule has 22 heavy (non-hydrogen) atoms. The van der Waals surface area contributed by atoms with Crippen LogP contribution in [0.15, 0.2) is 18.7 Å². The summed E-state index contributed by atoms with van der Waals surface area (Å²) < 4.78 is 7.25. The average Bonchev–Trinajstić information content (AvgIpc) is 3.01. The molecule has 1 saturated heterocycles. The molecule has 0 aliphatic carbocycles. The van der Waals surface area contributed by atoms with Crippen LogP contribution in [-0.2, 0) is 11.3 Å². The molecule has 0 radical (unpaired) electrons. The number of nitrogens with zero attached hydrogens (tertiary/aromatic N) is 6. The van der Waals surface area contributed by atoms with Gasteiger partial charge >= 0.3 is 0 Å². The van der Waals surface area contributed by atoms with Crippen LogP contribution < -0.4 is 4.90 Å². The van der Waals surface area contributed by atoms with Crippen LogP contribution in [0.3, 0.4) is 0 Å². The molecule has 1 aliphatic rings. The van der Waals surface area contributed by atoms with Crippen LogP contribution in [0.25, 0.3) is 0 Å². The topological polar surface area (TPSA) is 69.0 Å². The van der Waals surface area contributed by atoms with Gasteiger partial charge in [0.05, 0.1) is 6.61 Å². The Morgan fingerprint density at radius 3 is 2.82 bits per heavy atom. The van der Waals surface area contributed by atoms with Crippen molar-refractivity contribution in [1.29, 1.82) is 0 Å². The zero-order chi connectivity index (χ0) is 15.4. The molecule has 0 saturated carbocycles. The minimum Gasteiger partial charge on any atom is -0.383 e. The van der Waals surface area contributed by atoms with Crippen molar-refractivity contribution in [3.05, 3.63) is 30.2 Å². The lowest BCUT2D eigenvalue weighted by atomic mass is 9.96. The Morgan fingerprint density at radius 2 is 2.09 bits per heavy atom. The molecule has 0 atom stereocenters. The van der Waals surface area contributed by atoms with Crippen molar-refractivity contribution < 1.29 is 4.74 Å². The van der Waals surface area contributed by atoms with E-state index >= 15 is 0 Å². The molecule has 0 N–H and O–H groups in total. The first-order valence-electron chi connectivity index (χ1n) is 7.68. The van der Waals surface area contributed by atoms with E-state index < -0.39 is 0 Å². The molecule has 3 heterocycles. The van der Waals surface area contributed by atoms with Crippen LogP contribution in [0, 0.1) is 6.92 Å². The van der Waals surface area contributed by atoms with E-state index in [1.165, 1.54) is 0 Å². The minimum absolute atomic E-state index is 0.457. The second-order valence-electron chi connectivity index (χ2n) is 5.65. The first-order chi connectivity index (χ1) is 10.8. The van der Waals surface area contributed by atoms with Gasteiger partial charge in [-0.15, -0.1) is 10.2 Å². The van der Waals surface area contributed by atoms with E-state index in [-0.39, 0.29) is 0 Å². The van der Waals surface area contributed by atoms with E-state index in [0.717, 1.165) is 49.8 Å². The highest BCUT2D eigenvalue weighted by atomic mass is 16.5. The van der Waals surface area contributed by atoms with Crippen LogP contribution in [0.4, 0.5) is 5.82 Å². The van der Waals surface area contributed by atoms with Gasteiger partial charge in [-0.25, -0.2) is 9.97 Å². The van der Waals surface area contributed by atoms with Gasteiger partial charge in [-0.05, 0) is 19.8 Å². The van der Waals surface area contributed by atoms with Gasteiger partial charge in [-0.2, -0.15) is 0 Å². The predicted octanol–water partition coefficient (Wildman–Crippen LogP) is 1.41. The number of ether oxygens (including phenoxy) is 1. The van der Waals surface area contributed by atoms with Gasteiger partial charge < -0.3 is 14.2 Å². The van der Waals surface area contributed by atoms with Crippen molar-refractivity contribution >= 4 is 5.82 Å². The van der Waals surface area contributed by atoms with Gasteiger partial charge in [0.2, 0.25) is 0 Å². The molecule has 118 valence electrons. The molecule has 0 bridgehead atoms. The molecule has 0 amide bonds. The zero-order valence-corrected chi connectivity index (χ0v) is 13.1. The summed E-state index contributed by atoms with van der Waals surface area (Å²) in [6.45, 7) is 5.46. The Bertz CT molecular complexity index is 606. The van der Waals surface area contributed by atoms with Gasteiger partial charge in [-0.3, -0.25) is 0 Å². The number of anilines is 1. The van der Waals surface area contributed by atoms with Crippen molar-refractivity contribution in [1.82, 2.24) is 24.7 Å². The molecule has 1 fully saturated rings.